The standard InChI is InChI=1S/C23H48O4S.K/c1-3-5-7-9-10-11-12-13-15-20-23(28(25,26)27)21-17-16-19-22(24)18-14-8-6-4-2;/h22-24H,3-21H2,1-2H3,(H,25,26,27);/q;+1/p-1. The second kappa shape index (κ2) is 22.7. The molecule has 0 amide bonds. The molecule has 29 heavy (non-hydrogen) atoms. The van der Waals surface area contributed by atoms with Gasteiger partial charge in [0.2, 0.25) is 0 Å². The zero-order chi connectivity index (χ0) is 21.1. The molecule has 0 aliphatic carbocycles. The molecule has 1 N–H and O–H groups in total. The quantitative estimate of drug-likeness (QED) is 0.162. The van der Waals surface area contributed by atoms with Gasteiger partial charge in [-0.05, 0) is 25.7 Å². The van der Waals surface area contributed by atoms with E-state index >= 15 is 0 Å². The second-order valence-corrected chi connectivity index (χ2v) is 10.2. The third kappa shape index (κ3) is 22.5. The fraction of sp³-hybridized carbons (Fsp3) is 1.00. The van der Waals surface area contributed by atoms with Crippen LogP contribution in [0, 0.1) is 0 Å². The van der Waals surface area contributed by atoms with Crippen molar-refractivity contribution in [3.05, 3.63) is 0 Å². The van der Waals surface area contributed by atoms with Crippen LogP contribution in [0.5, 0.6) is 0 Å². The van der Waals surface area contributed by atoms with Crippen molar-refractivity contribution in [3.63, 3.8) is 0 Å². The fourth-order valence-corrected chi connectivity index (χ4v) is 4.73. The van der Waals surface area contributed by atoms with Gasteiger partial charge in [-0.15, -0.1) is 0 Å². The Labute approximate surface area is 224 Å². The summed E-state index contributed by atoms with van der Waals surface area (Å²) in [5.41, 5.74) is 0. The summed E-state index contributed by atoms with van der Waals surface area (Å²) in [7, 11) is -4.21. The summed E-state index contributed by atoms with van der Waals surface area (Å²) >= 11 is 0. The zero-order valence-corrected chi connectivity index (χ0v) is 23.6. The summed E-state index contributed by atoms with van der Waals surface area (Å²) in [6, 6.07) is 0. The molecular formula is C23H47KO4S. The van der Waals surface area contributed by atoms with Crippen molar-refractivity contribution in [1.29, 1.82) is 0 Å². The van der Waals surface area contributed by atoms with E-state index in [0.29, 0.717) is 12.8 Å². The Hall–Kier alpha value is 1.51. The van der Waals surface area contributed by atoms with Crippen LogP contribution in [0.3, 0.4) is 0 Å². The first-order chi connectivity index (χ1) is 13.4. The van der Waals surface area contributed by atoms with Crippen molar-refractivity contribution in [2.45, 2.75) is 147 Å². The van der Waals surface area contributed by atoms with Gasteiger partial charge in [-0.3, -0.25) is 0 Å². The Balaban J connectivity index is 0. The predicted molar refractivity (Wildman–Crippen MR) is 119 cm³/mol. The van der Waals surface area contributed by atoms with Crippen molar-refractivity contribution < 1.29 is 69.5 Å². The van der Waals surface area contributed by atoms with E-state index < -0.39 is 15.4 Å². The Kier molecular flexibility index (Phi) is 25.6. The Morgan fingerprint density at radius 3 is 1.38 bits per heavy atom. The van der Waals surface area contributed by atoms with Crippen LogP contribution in [0.2, 0.25) is 0 Å². The largest absolute Gasteiger partial charge is 1.00 e. The first-order valence-corrected chi connectivity index (χ1v) is 13.5. The molecule has 0 radical (unpaired) electrons. The molecule has 0 aromatic rings. The van der Waals surface area contributed by atoms with E-state index in [9.17, 15) is 18.1 Å². The molecule has 0 aromatic heterocycles. The van der Waals surface area contributed by atoms with E-state index in [1.807, 2.05) is 0 Å². The molecule has 4 nitrogen and oxygen atoms in total. The topological polar surface area (TPSA) is 77.4 Å². The van der Waals surface area contributed by atoms with Crippen LogP contribution in [-0.4, -0.2) is 29.4 Å². The number of aliphatic hydroxyl groups is 1. The van der Waals surface area contributed by atoms with Crippen LogP contribution in [0.4, 0.5) is 0 Å². The normalized spacial score (nSPS) is 13.8. The van der Waals surface area contributed by atoms with Gasteiger partial charge in [0.05, 0.1) is 16.2 Å². The number of hydrogen-bond donors (Lipinski definition) is 1. The van der Waals surface area contributed by atoms with Crippen LogP contribution in [0.25, 0.3) is 0 Å². The number of rotatable bonds is 21. The van der Waals surface area contributed by atoms with E-state index in [0.717, 1.165) is 51.4 Å². The van der Waals surface area contributed by atoms with Crippen molar-refractivity contribution >= 4 is 10.1 Å². The molecule has 0 heterocycles. The SMILES string of the molecule is CCCCCCCCCCCC(CCCCC(O)CCCCCC)S(=O)(=O)[O-].[K+]. The molecule has 0 aliphatic heterocycles. The Bertz CT molecular complexity index is 429. The average Bonchev–Trinajstić information content (AvgIpc) is 2.64. The molecular weight excluding hydrogens is 411 g/mol. The van der Waals surface area contributed by atoms with Crippen molar-refractivity contribution in [1.82, 2.24) is 0 Å². The van der Waals surface area contributed by atoms with Crippen molar-refractivity contribution in [2.24, 2.45) is 0 Å². The van der Waals surface area contributed by atoms with Crippen LogP contribution < -0.4 is 51.4 Å². The number of hydrogen-bond acceptors (Lipinski definition) is 4. The predicted octanol–water partition coefficient (Wildman–Crippen LogP) is 3.72. The molecule has 0 saturated carbocycles. The summed E-state index contributed by atoms with van der Waals surface area (Å²) in [5, 5.41) is 9.25. The van der Waals surface area contributed by atoms with Crippen LogP contribution in [0.15, 0.2) is 0 Å². The van der Waals surface area contributed by atoms with Gasteiger partial charge in [0.15, 0.2) is 0 Å². The Morgan fingerprint density at radius 1 is 0.621 bits per heavy atom. The van der Waals surface area contributed by atoms with Gasteiger partial charge in [-0.25, -0.2) is 8.42 Å². The van der Waals surface area contributed by atoms with E-state index in [1.54, 1.807) is 0 Å². The molecule has 2 unspecified atom stereocenters. The first-order valence-electron chi connectivity index (χ1n) is 12.0. The van der Waals surface area contributed by atoms with Gasteiger partial charge in [-0.1, -0.05) is 110 Å². The van der Waals surface area contributed by atoms with Crippen LogP contribution >= 0.6 is 0 Å². The number of aliphatic hydroxyl groups excluding tert-OH is 1. The van der Waals surface area contributed by atoms with Crippen molar-refractivity contribution in [2.75, 3.05) is 0 Å². The minimum Gasteiger partial charge on any atom is -0.748 e. The molecule has 6 heteroatoms. The fourth-order valence-electron chi connectivity index (χ4n) is 3.82. The maximum absolute atomic E-state index is 11.5. The minimum absolute atomic E-state index is 0. The molecule has 0 aromatic carbocycles. The van der Waals surface area contributed by atoms with E-state index in [4.69, 9.17) is 0 Å². The second-order valence-electron chi connectivity index (χ2n) is 8.52. The molecule has 170 valence electrons. The smallest absolute Gasteiger partial charge is 0.748 e. The number of unbranched alkanes of at least 4 members (excludes halogenated alkanes) is 12. The third-order valence-electron chi connectivity index (χ3n) is 5.74. The average molecular weight is 459 g/mol. The monoisotopic (exact) mass is 458 g/mol. The third-order valence-corrected chi connectivity index (χ3v) is 7.03. The summed E-state index contributed by atoms with van der Waals surface area (Å²) in [4.78, 5) is 0. The molecule has 2 atom stereocenters. The summed E-state index contributed by atoms with van der Waals surface area (Å²) in [6.45, 7) is 4.39. The molecule has 0 fully saturated rings. The zero-order valence-electron chi connectivity index (χ0n) is 19.7. The summed E-state index contributed by atoms with van der Waals surface area (Å²) in [6.07, 6.45) is 19.1. The summed E-state index contributed by atoms with van der Waals surface area (Å²) in [5.74, 6) is 0. The molecule has 0 bridgehead atoms. The molecule has 0 saturated heterocycles. The van der Waals surface area contributed by atoms with Gasteiger partial charge in [0.25, 0.3) is 0 Å². The Morgan fingerprint density at radius 2 is 0.931 bits per heavy atom. The van der Waals surface area contributed by atoms with E-state index in [-0.39, 0.29) is 57.5 Å². The van der Waals surface area contributed by atoms with Gasteiger partial charge in [-0.2, -0.15) is 0 Å². The van der Waals surface area contributed by atoms with E-state index in [2.05, 4.69) is 13.8 Å². The van der Waals surface area contributed by atoms with Gasteiger partial charge in [0, 0.05) is 5.25 Å². The summed E-state index contributed by atoms with van der Waals surface area (Å²) < 4.78 is 34.6. The van der Waals surface area contributed by atoms with Crippen LogP contribution in [0.1, 0.15) is 136 Å². The van der Waals surface area contributed by atoms with E-state index in [1.165, 1.54) is 57.8 Å². The molecule has 0 rings (SSSR count). The van der Waals surface area contributed by atoms with Crippen molar-refractivity contribution in [3.8, 4) is 0 Å². The maximum atomic E-state index is 11.5. The van der Waals surface area contributed by atoms with Gasteiger partial charge < -0.3 is 9.66 Å². The molecule has 0 spiro atoms. The van der Waals surface area contributed by atoms with Gasteiger partial charge in [0.1, 0.15) is 0 Å². The first kappa shape index (κ1) is 32.7. The van der Waals surface area contributed by atoms with Gasteiger partial charge >= 0.3 is 51.4 Å². The van der Waals surface area contributed by atoms with Crippen LogP contribution in [-0.2, 0) is 10.1 Å². The minimum atomic E-state index is -4.21. The maximum Gasteiger partial charge on any atom is 1.00 e. The molecule has 0 aliphatic rings.